The highest BCUT2D eigenvalue weighted by Gasteiger charge is 2.25. The highest BCUT2D eigenvalue weighted by Crippen LogP contribution is 2.30. The van der Waals surface area contributed by atoms with Crippen molar-refractivity contribution in [2.45, 2.75) is 17.9 Å². The third-order valence-electron chi connectivity index (χ3n) is 4.09. The molecule has 136 valence electrons. The molecule has 0 spiro atoms. The Morgan fingerprint density at radius 3 is 2.69 bits per heavy atom. The van der Waals surface area contributed by atoms with Crippen molar-refractivity contribution in [3.8, 4) is 5.75 Å². The Balaban J connectivity index is 1.93. The molecule has 0 saturated heterocycles. The molecule has 0 aromatic heterocycles. The average molecular weight is 393 g/mol. The van der Waals surface area contributed by atoms with E-state index < -0.39 is 15.8 Å². The van der Waals surface area contributed by atoms with Crippen LogP contribution in [-0.2, 0) is 26.0 Å². The number of ether oxygens (including phenoxy) is 2. The van der Waals surface area contributed by atoms with Crippen molar-refractivity contribution in [3.63, 3.8) is 0 Å². The molecular formula is C19H17ClO5S. The number of esters is 1. The fourth-order valence-corrected chi connectivity index (χ4v) is 4.35. The minimum Gasteiger partial charge on any atom is -0.489 e. The Hall–Kier alpha value is -2.31. The van der Waals surface area contributed by atoms with Crippen LogP contribution in [0.3, 0.4) is 0 Å². The van der Waals surface area contributed by atoms with Gasteiger partial charge in [0.25, 0.3) is 0 Å². The Labute approximate surface area is 157 Å². The van der Waals surface area contributed by atoms with Gasteiger partial charge in [-0.15, -0.1) is 0 Å². The van der Waals surface area contributed by atoms with Gasteiger partial charge < -0.3 is 9.47 Å². The molecule has 7 heteroatoms. The molecule has 2 aromatic rings. The van der Waals surface area contributed by atoms with Crippen LogP contribution in [0.5, 0.6) is 5.75 Å². The van der Waals surface area contributed by atoms with Gasteiger partial charge in [-0.25, -0.2) is 13.2 Å². The minimum atomic E-state index is -3.48. The van der Waals surface area contributed by atoms with E-state index in [2.05, 4.69) is 0 Å². The number of fused-ring (bicyclic) bond motifs is 1. The lowest BCUT2D eigenvalue weighted by Crippen LogP contribution is -2.10. The summed E-state index contributed by atoms with van der Waals surface area (Å²) in [6.07, 6.45) is 1.66. The molecule has 5 nitrogen and oxygen atoms in total. The summed E-state index contributed by atoms with van der Waals surface area (Å²) < 4.78 is 35.4. The molecule has 0 N–H and O–H groups in total. The topological polar surface area (TPSA) is 69.7 Å². The molecule has 0 radical (unpaired) electrons. The third kappa shape index (κ3) is 3.92. The van der Waals surface area contributed by atoms with Crippen LogP contribution in [0.15, 0.2) is 52.9 Å². The van der Waals surface area contributed by atoms with Gasteiger partial charge in [0.2, 0.25) is 0 Å². The maximum atomic E-state index is 12.4. The highest BCUT2D eigenvalue weighted by molar-refractivity contribution is 7.91. The van der Waals surface area contributed by atoms with Crippen LogP contribution >= 0.6 is 11.6 Å². The van der Waals surface area contributed by atoms with E-state index in [9.17, 15) is 13.2 Å². The number of benzene rings is 2. The number of rotatable bonds is 4. The van der Waals surface area contributed by atoms with Crippen LogP contribution in [0.2, 0.25) is 5.02 Å². The van der Waals surface area contributed by atoms with Crippen LogP contribution in [0.1, 0.15) is 17.5 Å². The first-order valence-electron chi connectivity index (χ1n) is 7.92. The molecule has 0 atom stereocenters. The van der Waals surface area contributed by atoms with Gasteiger partial charge >= 0.3 is 5.97 Å². The molecule has 0 unspecified atom stereocenters. The number of sulfone groups is 1. The zero-order chi connectivity index (χ0) is 18.7. The Bertz CT molecular complexity index is 979. The van der Waals surface area contributed by atoms with Gasteiger partial charge in [0.05, 0.1) is 17.8 Å². The van der Waals surface area contributed by atoms with Crippen LogP contribution < -0.4 is 4.74 Å². The van der Waals surface area contributed by atoms with Gasteiger partial charge in [-0.05, 0) is 42.3 Å². The maximum Gasteiger partial charge on any atom is 0.333 e. The van der Waals surface area contributed by atoms with E-state index in [-0.39, 0.29) is 23.7 Å². The first-order chi connectivity index (χ1) is 12.4. The molecule has 1 heterocycles. The molecule has 0 aliphatic carbocycles. The smallest absolute Gasteiger partial charge is 0.333 e. The summed E-state index contributed by atoms with van der Waals surface area (Å²) in [5.41, 5.74) is 1.56. The van der Waals surface area contributed by atoms with Crippen LogP contribution in [0.25, 0.3) is 6.08 Å². The summed E-state index contributed by atoms with van der Waals surface area (Å²) in [7, 11) is -2.21. The minimum absolute atomic E-state index is 0.111. The second kappa shape index (κ2) is 7.51. The van der Waals surface area contributed by atoms with Crippen LogP contribution in [0, 0.1) is 0 Å². The van der Waals surface area contributed by atoms with E-state index in [0.29, 0.717) is 21.9 Å². The standard InChI is InChI=1S/C19H17ClO5S/c1-24-19(21)13-8-9-26(22,23)18-7-6-16(11-15(18)10-13)25-12-14-4-2-3-5-17(14)20/h2-7,10-11H,8-9,12H2,1H3. The predicted octanol–water partition coefficient (Wildman–Crippen LogP) is 3.65. The number of carbonyl (C=O) groups is 1. The maximum absolute atomic E-state index is 12.4. The molecule has 0 amide bonds. The molecular weight excluding hydrogens is 376 g/mol. The quantitative estimate of drug-likeness (QED) is 0.743. The van der Waals surface area contributed by atoms with Crippen LogP contribution in [-0.4, -0.2) is 27.2 Å². The first-order valence-corrected chi connectivity index (χ1v) is 9.95. The number of methoxy groups -OCH3 is 1. The van der Waals surface area contributed by atoms with Gasteiger partial charge in [-0.1, -0.05) is 29.8 Å². The summed E-state index contributed by atoms with van der Waals surface area (Å²) in [6, 6.07) is 12.0. The lowest BCUT2D eigenvalue weighted by molar-refractivity contribution is -0.136. The molecule has 26 heavy (non-hydrogen) atoms. The van der Waals surface area contributed by atoms with E-state index in [0.717, 1.165) is 5.56 Å². The van der Waals surface area contributed by atoms with Gasteiger partial charge in [-0.3, -0.25) is 0 Å². The van der Waals surface area contributed by atoms with Crippen molar-refractivity contribution in [1.82, 2.24) is 0 Å². The monoisotopic (exact) mass is 392 g/mol. The van der Waals surface area contributed by atoms with E-state index >= 15 is 0 Å². The normalized spacial score (nSPS) is 15.4. The van der Waals surface area contributed by atoms with Crippen molar-refractivity contribution in [2.24, 2.45) is 0 Å². The molecule has 0 fully saturated rings. The average Bonchev–Trinajstić information content (AvgIpc) is 2.76. The van der Waals surface area contributed by atoms with Crippen molar-refractivity contribution >= 4 is 33.5 Å². The third-order valence-corrected chi connectivity index (χ3v) is 6.24. The second-order valence-corrected chi connectivity index (χ2v) is 8.29. The van der Waals surface area contributed by atoms with E-state index in [1.807, 2.05) is 18.2 Å². The van der Waals surface area contributed by atoms with Crippen molar-refractivity contribution < 1.29 is 22.7 Å². The summed E-state index contributed by atoms with van der Waals surface area (Å²) in [4.78, 5) is 12.0. The molecule has 1 aliphatic rings. The summed E-state index contributed by atoms with van der Waals surface area (Å²) in [6.45, 7) is 0.249. The lowest BCUT2D eigenvalue weighted by Gasteiger charge is -2.10. The molecule has 0 bridgehead atoms. The fraction of sp³-hybridized carbons (Fsp3) is 0.211. The van der Waals surface area contributed by atoms with Gasteiger partial charge in [0.1, 0.15) is 12.4 Å². The first kappa shape index (κ1) is 18.5. The van der Waals surface area contributed by atoms with Crippen molar-refractivity contribution in [1.29, 1.82) is 0 Å². The number of halogens is 1. The van der Waals surface area contributed by atoms with Crippen LogP contribution in [0.4, 0.5) is 0 Å². The fourth-order valence-electron chi connectivity index (χ4n) is 2.70. The Kier molecular flexibility index (Phi) is 5.34. The molecule has 1 aliphatic heterocycles. The lowest BCUT2D eigenvalue weighted by atomic mass is 10.1. The number of hydrogen-bond acceptors (Lipinski definition) is 5. The highest BCUT2D eigenvalue weighted by atomic mass is 35.5. The number of carbonyl (C=O) groups excluding carboxylic acids is 1. The molecule has 3 rings (SSSR count). The Morgan fingerprint density at radius 2 is 1.96 bits per heavy atom. The predicted molar refractivity (Wildman–Crippen MR) is 98.9 cm³/mol. The molecule has 0 saturated carbocycles. The van der Waals surface area contributed by atoms with E-state index in [4.69, 9.17) is 21.1 Å². The zero-order valence-corrected chi connectivity index (χ0v) is 15.6. The van der Waals surface area contributed by atoms with E-state index in [1.165, 1.54) is 13.2 Å². The summed E-state index contributed by atoms with van der Waals surface area (Å²) >= 11 is 6.11. The largest absolute Gasteiger partial charge is 0.489 e. The SMILES string of the molecule is COC(=O)C1=Cc2cc(OCc3ccccc3Cl)ccc2S(=O)(=O)CC1. The van der Waals surface area contributed by atoms with Gasteiger partial charge in [0.15, 0.2) is 9.84 Å². The summed E-state index contributed by atoms with van der Waals surface area (Å²) in [5, 5.41) is 0.595. The Morgan fingerprint density at radius 1 is 1.19 bits per heavy atom. The van der Waals surface area contributed by atoms with Gasteiger partial charge in [0, 0.05) is 16.2 Å². The van der Waals surface area contributed by atoms with Gasteiger partial charge in [-0.2, -0.15) is 0 Å². The van der Waals surface area contributed by atoms with Crippen molar-refractivity contribution in [2.75, 3.05) is 12.9 Å². The zero-order valence-electron chi connectivity index (χ0n) is 14.1. The molecule has 2 aromatic carbocycles. The van der Waals surface area contributed by atoms with E-state index in [1.54, 1.807) is 24.3 Å². The second-order valence-electron chi connectivity index (χ2n) is 5.81. The number of hydrogen-bond donors (Lipinski definition) is 0. The van der Waals surface area contributed by atoms with Crippen molar-refractivity contribution in [3.05, 3.63) is 64.2 Å². The summed E-state index contributed by atoms with van der Waals surface area (Å²) in [5.74, 6) is -0.183.